The molecule has 4 heteroatoms. The van der Waals surface area contributed by atoms with Crippen molar-refractivity contribution >= 4 is 43.9 Å². The van der Waals surface area contributed by atoms with Crippen molar-refractivity contribution in [2.24, 2.45) is 0 Å². The molecule has 0 bridgehead atoms. The van der Waals surface area contributed by atoms with Gasteiger partial charge in [0.2, 0.25) is 0 Å². The first kappa shape index (κ1) is 31.9. The predicted octanol–water partition coefficient (Wildman–Crippen LogP) is 14.3. The van der Waals surface area contributed by atoms with E-state index in [9.17, 15) is 0 Å². The second-order valence-electron chi connectivity index (χ2n) is 14.1. The molecule has 0 amide bonds. The second kappa shape index (κ2) is 13.1. The zero-order valence-corrected chi connectivity index (χ0v) is 30.2. The highest BCUT2D eigenvalue weighted by Gasteiger charge is 2.19. The Balaban J connectivity index is 1.15. The average molecular weight is 717 g/mol. The lowest BCUT2D eigenvalue weighted by Crippen LogP contribution is -1.96. The molecule has 262 valence electrons. The van der Waals surface area contributed by atoms with Crippen molar-refractivity contribution in [2.45, 2.75) is 0 Å². The van der Waals surface area contributed by atoms with Gasteiger partial charge in [-0.05, 0) is 58.7 Å². The summed E-state index contributed by atoms with van der Waals surface area (Å²) in [5, 5.41) is 4.36. The van der Waals surface area contributed by atoms with Crippen molar-refractivity contribution in [3.8, 4) is 67.3 Å². The monoisotopic (exact) mass is 716 g/mol. The number of para-hydroxylation sites is 4. The zero-order valence-electron chi connectivity index (χ0n) is 30.2. The molecule has 11 aromatic rings. The molecule has 56 heavy (non-hydrogen) atoms. The van der Waals surface area contributed by atoms with Crippen LogP contribution in [0, 0.1) is 0 Å². The van der Waals surface area contributed by atoms with Gasteiger partial charge in [-0.15, -0.1) is 0 Å². The van der Waals surface area contributed by atoms with Gasteiger partial charge in [0.25, 0.3) is 0 Å². The minimum absolute atomic E-state index is 0.663. The number of furan rings is 2. The van der Waals surface area contributed by atoms with E-state index in [1.54, 1.807) is 0 Å². The fourth-order valence-corrected chi connectivity index (χ4v) is 7.96. The van der Waals surface area contributed by atoms with Crippen LogP contribution in [0.4, 0.5) is 0 Å². The summed E-state index contributed by atoms with van der Waals surface area (Å²) in [6.45, 7) is 0. The highest BCUT2D eigenvalue weighted by molar-refractivity contribution is 6.11. The first-order valence-electron chi connectivity index (χ1n) is 18.8. The molecule has 11 rings (SSSR count). The van der Waals surface area contributed by atoms with Crippen molar-refractivity contribution in [2.75, 3.05) is 0 Å². The summed E-state index contributed by atoms with van der Waals surface area (Å²) in [5.41, 5.74) is 14.4. The van der Waals surface area contributed by atoms with E-state index in [1.165, 1.54) is 5.56 Å². The average Bonchev–Trinajstić information content (AvgIpc) is 3.86. The van der Waals surface area contributed by atoms with Gasteiger partial charge >= 0.3 is 0 Å². The number of rotatable bonds is 6. The van der Waals surface area contributed by atoms with Gasteiger partial charge < -0.3 is 8.83 Å². The Morgan fingerprint density at radius 2 is 0.714 bits per heavy atom. The fourth-order valence-electron chi connectivity index (χ4n) is 7.96. The van der Waals surface area contributed by atoms with E-state index in [0.717, 1.165) is 99.8 Å². The first-order chi connectivity index (χ1) is 27.7. The predicted molar refractivity (Wildman–Crippen MR) is 229 cm³/mol. The summed E-state index contributed by atoms with van der Waals surface area (Å²) in [6, 6.07) is 67.3. The quantitative estimate of drug-likeness (QED) is 0.172. The summed E-state index contributed by atoms with van der Waals surface area (Å²) in [6.07, 6.45) is 0. The third kappa shape index (κ3) is 5.47. The van der Waals surface area contributed by atoms with Crippen LogP contribution in [0.3, 0.4) is 0 Å². The third-order valence-electron chi connectivity index (χ3n) is 10.7. The first-order valence-corrected chi connectivity index (χ1v) is 18.8. The van der Waals surface area contributed by atoms with E-state index < -0.39 is 0 Å². The van der Waals surface area contributed by atoms with E-state index in [2.05, 4.69) is 146 Å². The molecule has 0 spiro atoms. The molecular formula is C52H32N2O2. The van der Waals surface area contributed by atoms with Gasteiger partial charge in [0.1, 0.15) is 22.3 Å². The lowest BCUT2D eigenvalue weighted by Gasteiger charge is -2.14. The Labute approximate surface area is 323 Å². The standard InChI is InChI=1S/C52H32N2O2/c1-3-13-33(14-4-1)34-25-27-35(28-26-34)46-32-47(54-52(53-46)36-15-5-2-6-16-36)39-30-37(40-19-11-21-44-42-17-7-9-23-48(42)55-50(40)44)29-38(31-39)41-20-12-22-45-43-18-8-10-24-49(43)56-51(41)45/h1-32H. The van der Waals surface area contributed by atoms with Gasteiger partial charge in [-0.2, -0.15) is 0 Å². The summed E-state index contributed by atoms with van der Waals surface area (Å²) in [5.74, 6) is 0.663. The molecule has 3 heterocycles. The second-order valence-corrected chi connectivity index (χ2v) is 14.1. The molecule has 0 N–H and O–H groups in total. The van der Waals surface area contributed by atoms with Gasteiger partial charge in [0.05, 0.1) is 11.4 Å². The topological polar surface area (TPSA) is 52.1 Å². The van der Waals surface area contributed by atoms with E-state index in [4.69, 9.17) is 18.8 Å². The largest absolute Gasteiger partial charge is 0.455 e. The van der Waals surface area contributed by atoms with Crippen LogP contribution in [0.1, 0.15) is 0 Å². The van der Waals surface area contributed by atoms with Crippen molar-refractivity contribution in [3.63, 3.8) is 0 Å². The van der Waals surface area contributed by atoms with Gasteiger partial charge in [0.15, 0.2) is 5.82 Å². The molecular weight excluding hydrogens is 685 g/mol. The molecule has 0 aliphatic carbocycles. The molecule has 0 unspecified atom stereocenters. The Morgan fingerprint density at radius 1 is 0.286 bits per heavy atom. The minimum atomic E-state index is 0.663. The maximum absolute atomic E-state index is 6.59. The van der Waals surface area contributed by atoms with Crippen LogP contribution in [0.25, 0.3) is 111 Å². The molecule has 0 aliphatic rings. The van der Waals surface area contributed by atoms with Gasteiger partial charge in [0, 0.05) is 49.4 Å². The smallest absolute Gasteiger partial charge is 0.160 e. The van der Waals surface area contributed by atoms with E-state index >= 15 is 0 Å². The molecule has 0 aliphatic heterocycles. The van der Waals surface area contributed by atoms with Crippen LogP contribution in [0.2, 0.25) is 0 Å². The molecule has 8 aromatic carbocycles. The number of nitrogens with zero attached hydrogens (tertiary/aromatic N) is 2. The summed E-state index contributed by atoms with van der Waals surface area (Å²) in [4.78, 5) is 10.4. The Bertz CT molecular complexity index is 3100. The lowest BCUT2D eigenvalue weighted by atomic mass is 9.93. The number of benzene rings is 8. The SMILES string of the molecule is c1ccc(-c2ccc(-c3cc(-c4cc(-c5cccc6c5oc5ccccc56)cc(-c5cccc6c5oc5ccccc56)c4)nc(-c4ccccc4)n3)cc2)cc1. The van der Waals surface area contributed by atoms with Gasteiger partial charge in [-0.1, -0.05) is 158 Å². The molecule has 0 saturated carbocycles. The van der Waals surface area contributed by atoms with E-state index in [-0.39, 0.29) is 0 Å². The molecule has 3 aromatic heterocycles. The Kier molecular flexibility index (Phi) is 7.46. The fraction of sp³-hybridized carbons (Fsp3) is 0. The number of hydrogen-bond acceptors (Lipinski definition) is 4. The van der Waals surface area contributed by atoms with Crippen molar-refractivity contribution in [1.82, 2.24) is 9.97 Å². The highest BCUT2D eigenvalue weighted by atomic mass is 16.3. The van der Waals surface area contributed by atoms with Crippen LogP contribution in [-0.4, -0.2) is 9.97 Å². The van der Waals surface area contributed by atoms with Crippen LogP contribution < -0.4 is 0 Å². The molecule has 0 radical (unpaired) electrons. The van der Waals surface area contributed by atoms with Crippen LogP contribution in [0.15, 0.2) is 203 Å². The van der Waals surface area contributed by atoms with Gasteiger partial charge in [-0.3, -0.25) is 0 Å². The summed E-state index contributed by atoms with van der Waals surface area (Å²) < 4.78 is 13.2. The number of hydrogen-bond donors (Lipinski definition) is 0. The highest BCUT2D eigenvalue weighted by Crippen LogP contribution is 2.42. The normalized spacial score (nSPS) is 11.6. The zero-order chi connectivity index (χ0) is 37.0. The van der Waals surface area contributed by atoms with Crippen LogP contribution in [-0.2, 0) is 0 Å². The Hall–Kier alpha value is -7.56. The molecule has 0 saturated heterocycles. The number of aromatic nitrogens is 2. The third-order valence-corrected chi connectivity index (χ3v) is 10.7. The van der Waals surface area contributed by atoms with E-state index in [1.807, 2.05) is 48.5 Å². The summed E-state index contributed by atoms with van der Waals surface area (Å²) in [7, 11) is 0. The van der Waals surface area contributed by atoms with Gasteiger partial charge in [-0.25, -0.2) is 9.97 Å². The molecule has 4 nitrogen and oxygen atoms in total. The summed E-state index contributed by atoms with van der Waals surface area (Å²) >= 11 is 0. The minimum Gasteiger partial charge on any atom is -0.455 e. The maximum Gasteiger partial charge on any atom is 0.160 e. The number of fused-ring (bicyclic) bond motifs is 6. The van der Waals surface area contributed by atoms with Crippen molar-refractivity contribution < 1.29 is 8.83 Å². The van der Waals surface area contributed by atoms with Crippen molar-refractivity contribution in [1.29, 1.82) is 0 Å². The van der Waals surface area contributed by atoms with Crippen LogP contribution in [0.5, 0.6) is 0 Å². The Morgan fingerprint density at radius 3 is 1.29 bits per heavy atom. The van der Waals surface area contributed by atoms with Crippen molar-refractivity contribution in [3.05, 3.63) is 194 Å². The molecule has 0 atom stereocenters. The van der Waals surface area contributed by atoms with Crippen LogP contribution >= 0.6 is 0 Å². The van der Waals surface area contributed by atoms with E-state index in [0.29, 0.717) is 5.82 Å². The molecule has 0 fully saturated rings. The maximum atomic E-state index is 6.59. The lowest BCUT2D eigenvalue weighted by molar-refractivity contribution is 0.670.